The van der Waals surface area contributed by atoms with Crippen LogP contribution >= 0.6 is 0 Å². The molecule has 104 valence electrons. The largest absolute Gasteiger partial charge is 0.378 e. The first-order chi connectivity index (χ1) is 8.51. The van der Waals surface area contributed by atoms with Crippen LogP contribution in [0.5, 0.6) is 0 Å². The zero-order valence-electron chi connectivity index (χ0n) is 11.0. The number of rotatable bonds is 3. The Hall–Kier alpha value is -0.690. The molecule has 0 unspecified atom stereocenters. The highest BCUT2D eigenvalue weighted by atomic mass is 16.8. The van der Waals surface area contributed by atoms with Crippen molar-refractivity contribution in [2.24, 2.45) is 5.92 Å². The second kappa shape index (κ2) is 5.52. The van der Waals surface area contributed by atoms with Crippen molar-refractivity contribution in [3.8, 4) is 0 Å². The average molecular weight is 258 g/mol. The summed E-state index contributed by atoms with van der Waals surface area (Å²) in [5.41, 5.74) is 2.77. The minimum absolute atomic E-state index is 0.0278. The molecule has 0 aromatic rings. The number of nitrogens with one attached hydrogen (secondary N) is 1. The van der Waals surface area contributed by atoms with E-state index < -0.39 is 5.79 Å². The van der Waals surface area contributed by atoms with Gasteiger partial charge in [-0.05, 0) is 12.3 Å². The molecular formula is C12H22N2O4. The van der Waals surface area contributed by atoms with Gasteiger partial charge in [-0.1, -0.05) is 13.8 Å². The Labute approximate surface area is 107 Å². The van der Waals surface area contributed by atoms with Gasteiger partial charge in [0.1, 0.15) is 0 Å². The minimum Gasteiger partial charge on any atom is -0.378 e. The number of amides is 1. The number of carbonyl (C=O) groups is 1. The van der Waals surface area contributed by atoms with Gasteiger partial charge in [-0.25, -0.2) is 0 Å². The van der Waals surface area contributed by atoms with E-state index in [0.29, 0.717) is 38.6 Å². The first-order valence-corrected chi connectivity index (χ1v) is 6.54. The van der Waals surface area contributed by atoms with Gasteiger partial charge < -0.3 is 14.7 Å². The Morgan fingerprint density at radius 1 is 1.50 bits per heavy atom. The van der Waals surface area contributed by atoms with Crippen LogP contribution in [-0.4, -0.2) is 54.0 Å². The summed E-state index contributed by atoms with van der Waals surface area (Å²) in [4.78, 5) is 19.0. The Balaban J connectivity index is 1.93. The normalized spacial score (nSPS) is 33.1. The molecule has 0 saturated carbocycles. The van der Waals surface area contributed by atoms with E-state index in [0.717, 1.165) is 6.42 Å². The van der Waals surface area contributed by atoms with Crippen LogP contribution < -0.4 is 5.48 Å². The maximum atomic E-state index is 12.2. The average Bonchev–Trinajstić information content (AvgIpc) is 2.71. The van der Waals surface area contributed by atoms with Gasteiger partial charge in [0.15, 0.2) is 0 Å². The van der Waals surface area contributed by atoms with Gasteiger partial charge in [-0.3, -0.25) is 9.63 Å². The van der Waals surface area contributed by atoms with Gasteiger partial charge in [0.25, 0.3) is 11.7 Å². The number of carbonyl (C=O) groups excluding carboxylic acids is 1. The van der Waals surface area contributed by atoms with Crippen LogP contribution in [-0.2, 0) is 14.4 Å². The van der Waals surface area contributed by atoms with E-state index in [1.54, 1.807) is 4.90 Å². The van der Waals surface area contributed by atoms with E-state index in [2.05, 4.69) is 19.3 Å². The zero-order valence-corrected chi connectivity index (χ0v) is 11.0. The van der Waals surface area contributed by atoms with Crippen molar-refractivity contribution >= 4 is 5.91 Å². The molecule has 1 amide bonds. The highest BCUT2D eigenvalue weighted by Gasteiger charge is 2.48. The number of hydroxylamine groups is 1. The van der Waals surface area contributed by atoms with Crippen molar-refractivity contribution in [2.45, 2.75) is 38.5 Å². The first-order valence-electron chi connectivity index (χ1n) is 6.54. The molecule has 2 heterocycles. The third-order valence-electron chi connectivity index (χ3n) is 3.31. The molecule has 0 radical (unpaired) electrons. The lowest BCUT2D eigenvalue weighted by molar-refractivity contribution is -0.217. The summed E-state index contributed by atoms with van der Waals surface area (Å²) in [6.45, 7) is 6.26. The molecule has 2 rings (SSSR count). The molecule has 2 atom stereocenters. The molecule has 0 bridgehead atoms. The third kappa shape index (κ3) is 3.00. The van der Waals surface area contributed by atoms with Crippen molar-refractivity contribution in [1.82, 2.24) is 10.4 Å². The van der Waals surface area contributed by atoms with E-state index >= 15 is 0 Å². The third-order valence-corrected chi connectivity index (χ3v) is 3.31. The van der Waals surface area contributed by atoms with Gasteiger partial charge in [0, 0.05) is 25.6 Å². The number of hydrogen-bond acceptors (Lipinski definition) is 5. The van der Waals surface area contributed by atoms with Crippen molar-refractivity contribution in [2.75, 3.05) is 26.3 Å². The smallest absolute Gasteiger partial charge is 0.284 e. The minimum atomic E-state index is -1.71. The van der Waals surface area contributed by atoms with Gasteiger partial charge in [-0.2, -0.15) is 5.48 Å². The van der Waals surface area contributed by atoms with Crippen molar-refractivity contribution in [3.05, 3.63) is 0 Å². The summed E-state index contributed by atoms with van der Waals surface area (Å²) in [5.74, 6) is -1.58. The standard InChI is InChI=1S/C12H22N2O4/c1-9(2)7-10-8-12(16,18-13-10)11(15)14-3-5-17-6-4-14/h9-10,13,16H,3-8H2,1-2H3/t10-,12+/m0/s1. The summed E-state index contributed by atoms with van der Waals surface area (Å²) in [7, 11) is 0. The van der Waals surface area contributed by atoms with Crippen LogP contribution in [0.25, 0.3) is 0 Å². The lowest BCUT2D eigenvalue weighted by Crippen LogP contribution is -2.52. The lowest BCUT2D eigenvalue weighted by atomic mass is 9.98. The number of nitrogens with zero attached hydrogens (tertiary/aromatic N) is 1. The lowest BCUT2D eigenvalue weighted by Gasteiger charge is -2.31. The van der Waals surface area contributed by atoms with Crippen LogP contribution in [0.2, 0.25) is 0 Å². The number of morpholine rings is 1. The zero-order chi connectivity index (χ0) is 13.2. The molecule has 2 fully saturated rings. The molecule has 2 aliphatic rings. The van der Waals surface area contributed by atoms with Gasteiger partial charge >= 0.3 is 0 Å². The van der Waals surface area contributed by atoms with E-state index in [4.69, 9.17) is 9.57 Å². The molecule has 2 aliphatic heterocycles. The monoisotopic (exact) mass is 258 g/mol. The number of ether oxygens (including phenoxy) is 1. The topological polar surface area (TPSA) is 71.0 Å². The molecule has 0 aromatic carbocycles. The van der Waals surface area contributed by atoms with E-state index in [9.17, 15) is 9.90 Å². The summed E-state index contributed by atoms with van der Waals surface area (Å²) < 4.78 is 5.19. The van der Waals surface area contributed by atoms with E-state index in [1.807, 2.05) is 0 Å². The van der Waals surface area contributed by atoms with Crippen LogP contribution in [0.3, 0.4) is 0 Å². The maximum Gasteiger partial charge on any atom is 0.284 e. The fourth-order valence-electron chi connectivity index (χ4n) is 2.44. The van der Waals surface area contributed by atoms with Crippen LogP contribution in [0.4, 0.5) is 0 Å². The second-order valence-corrected chi connectivity index (χ2v) is 5.44. The maximum absolute atomic E-state index is 12.2. The quantitative estimate of drug-likeness (QED) is 0.738. The van der Waals surface area contributed by atoms with Crippen LogP contribution in [0.15, 0.2) is 0 Å². The van der Waals surface area contributed by atoms with Crippen LogP contribution in [0, 0.1) is 5.92 Å². The fourth-order valence-corrected chi connectivity index (χ4v) is 2.44. The van der Waals surface area contributed by atoms with Crippen molar-refractivity contribution in [1.29, 1.82) is 0 Å². The van der Waals surface area contributed by atoms with Crippen LogP contribution in [0.1, 0.15) is 26.7 Å². The summed E-state index contributed by atoms with van der Waals surface area (Å²) in [5, 5.41) is 10.3. The summed E-state index contributed by atoms with van der Waals surface area (Å²) in [6.07, 6.45) is 1.18. The molecule has 0 aromatic heterocycles. The molecular weight excluding hydrogens is 236 g/mol. The Bertz CT molecular complexity index is 304. The fraction of sp³-hybridized carbons (Fsp3) is 0.917. The predicted octanol–water partition coefficient (Wildman–Crippen LogP) is -0.127. The summed E-state index contributed by atoms with van der Waals surface area (Å²) in [6, 6.07) is 0.0278. The Kier molecular flexibility index (Phi) is 4.21. The van der Waals surface area contributed by atoms with Crippen molar-refractivity contribution in [3.63, 3.8) is 0 Å². The van der Waals surface area contributed by atoms with Gasteiger partial charge in [0.2, 0.25) is 0 Å². The molecule has 18 heavy (non-hydrogen) atoms. The van der Waals surface area contributed by atoms with Gasteiger partial charge in [-0.15, -0.1) is 0 Å². The van der Waals surface area contributed by atoms with E-state index in [-0.39, 0.29) is 11.9 Å². The first kappa shape index (κ1) is 13.7. The highest BCUT2D eigenvalue weighted by Crippen LogP contribution is 2.27. The molecule has 2 N–H and O–H groups in total. The second-order valence-electron chi connectivity index (χ2n) is 5.44. The highest BCUT2D eigenvalue weighted by molar-refractivity contribution is 5.83. The predicted molar refractivity (Wildman–Crippen MR) is 64.4 cm³/mol. The Morgan fingerprint density at radius 2 is 2.17 bits per heavy atom. The number of aliphatic hydroxyl groups is 1. The molecule has 2 saturated heterocycles. The molecule has 0 aliphatic carbocycles. The van der Waals surface area contributed by atoms with Crippen molar-refractivity contribution < 1.29 is 19.5 Å². The molecule has 0 spiro atoms. The number of hydrogen-bond donors (Lipinski definition) is 2. The molecule has 6 heteroatoms. The Morgan fingerprint density at radius 3 is 2.78 bits per heavy atom. The summed E-state index contributed by atoms with van der Waals surface area (Å²) >= 11 is 0. The van der Waals surface area contributed by atoms with Gasteiger partial charge in [0.05, 0.1) is 13.2 Å². The molecule has 6 nitrogen and oxygen atoms in total. The SMILES string of the molecule is CC(C)C[C@H]1C[C@](O)(C(=O)N2CCOCC2)ON1. The van der Waals surface area contributed by atoms with E-state index in [1.165, 1.54) is 0 Å².